The average molecular weight is 271 g/mol. The molecule has 2 heteroatoms. The standard InChI is InChI=1S/C18H25NO/c1-18(2)10-5-12-19(14-18)11-4-7-15-6-3-8-17-16(15)9-13-20-17/h3,6,8-9,13H,4-5,7,10-12,14H2,1-2H3. The Bertz CT molecular complexity index is 570. The molecule has 2 heterocycles. The predicted molar refractivity (Wildman–Crippen MR) is 84.0 cm³/mol. The van der Waals surface area contributed by atoms with Crippen LogP contribution in [0.25, 0.3) is 11.0 Å². The molecule has 0 spiro atoms. The van der Waals surface area contributed by atoms with Crippen molar-refractivity contribution in [1.82, 2.24) is 4.90 Å². The number of rotatable bonds is 4. The van der Waals surface area contributed by atoms with Gasteiger partial charge in [-0.15, -0.1) is 0 Å². The molecule has 3 rings (SSSR count). The van der Waals surface area contributed by atoms with Crippen LogP contribution < -0.4 is 0 Å². The minimum Gasteiger partial charge on any atom is -0.464 e. The van der Waals surface area contributed by atoms with Gasteiger partial charge in [0, 0.05) is 11.9 Å². The fourth-order valence-corrected chi connectivity index (χ4v) is 3.50. The Balaban J connectivity index is 1.56. The van der Waals surface area contributed by atoms with Crippen LogP contribution in [0.2, 0.25) is 0 Å². The van der Waals surface area contributed by atoms with Gasteiger partial charge < -0.3 is 9.32 Å². The second-order valence-electron chi connectivity index (χ2n) is 6.90. The van der Waals surface area contributed by atoms with Crippen LogP contribution in [0.4, 0.5) is 0 Å². The Kier molecular flexibility index (Phi) is 3.84. The smallest absolute Gasteiger partial charge is 0.134 e. The van der Waals surface area contributed by atoms with Crippen LogP contribution in [0.3, 0.4) is 0 Å². The third-order valence-corrected chi connectivity index (χ3v) is 4.49. The van der Waals surface area contributed by atoms with Crippen molar-refractivity contribution >= 4 is 11.0 Å². The van der Waals surface area contributed by atoms with E-state index in [0.29, 0.717) is 5.41 Å². The molecule has 1 aliphatic rings. The van der Waals surface area contributed by atoms with Crippen molar-refractivity contribution < 1.29 is 4.42 Å². The van der Waals surface area contributed by atoms with Gasteiger partial charge in [0.05, 0.1) is 6.26 Å². The Morgan fingerprint density at radius 1 is 1.25 bits per heavy atom. The Morgan fingerprint density at radius 3 is 3.00 bits per heavy atom. The van der Waals surface area contributed by atoms with Crippen LogP contribution in [-0.2, 0) is 6.42 Å². The molecule has 1 aliphatic heterocycles. The highest BCUT2D eigenvalue weighted by Gasteiger charge is 2.25. The van der Waals surface area contributed by atoms with E-state index in [2.05, 4.69) is 36.9 Å². The highest BCUT2D eigenvalue weighted by Crippen LogP contribution is 2.28. The third-order valence-electron chi connectivity index (χ3n) is 4.49. The number of likely N-dealkylation sites (tertiary alicyclic amines) is 1. The summed E-state index contributed by atoms with van der Waals surface area (Å²) in [6.07, 6.45) is 6.90. The topological polar surface area (TPSA) is 16.4 Å². The fourth-order valence-electron chi connectivity index (χ4n) is 3.50. The summed E-state index contributed by atoms with van der Waals surface area (Å²) < 4.78 is 5.47. The van der Waals surface area contributed by atoms with Crippen molar-refractivity contribution in [3.05, 3.63) is 36.1 Å². The molecule has 20 heavy (non-hydrogen) atoms. The molecule has 1 aromatic carbocycles. The molecule has 0 aliphatic carbocycles. The summed E-state index contributed by atoms with van der Waals surface area (Å²) in [5, 5.41) is 1.28. The van der Waals surface area contributed by atoms with Crippen molar-refractivity contribution in [1.29, 1.82) is 0 Å². The first-order valence-corrected chi connectivity index (χ1v) is 7.82. The summed E-state index contributed by atoms with van der Waals surface area (Å²) in [6.45, 7) is 8.54. The number of aryl methyl sites for hydroxylation is 1. The second-order valence-corrected chi connectivity index (χ2v) is 6.90. The van der Waals surface area contributed by atoms with Gasteiger partial charge in [0.1, 0.15) is 5.58 Å². The Labute approximate surface area is 121 Å². The lowest BCUT2D eigenvalue weighted by Gasteiger charge is -2.38. The molecule has 0 atom stereocenters. The zero-order valence-corrected chi connectivity index (χ0v) is 12.7. The lowest BCUT2D eigenvalue weighted by molar-refractivity contribution is 0.117. The first kappa shape index (κ1) is 13.7. The zero-order chi connectivity index (χ0) is 14.0. The molecule has 0 saturated carbocycles. The summed E-state index contributed by atoms with van der Waals surface area (Å²) in [6, 6.07) is 8.48. The molecule has 0 amide bonds. The zero-order valence-electron chi connectivity index (χ0n) is 12.7. The number of furan rings is 1. The van der Waals surface area contributed by atoms with Gasteiger partial charge in [-0.1, -0.05) is 26.0 Å². The first-order valence-electron chi connectivity index (χ1n) is 7.82. The van der Waals surface area contributed by atoms with Gasteiger partial charge in [0.25, 0.3) is 0 Å². The van der Waals surface area contributed by atoms with Crippen molar-refractivity contribution in [3.63, 3.8) is 0 Å². The molecule has 1 aromatic heterocycles. The van der Waals surface area contributed by atoms with E-state index >= 15 is 0 Å². The van der Waals surface area contributed by atoms with Gasteiger partial charge in [-0.05, 0) is 61.9 Å². The van der Waals surface area contributed by atoms with E-state index in [4.69, 9.17) is 4.42 Å². The van der Waals surface area contributed by atoms with Crippen molar-refractivity contribution in [3.8, 4) is 0 Å². The van der Waals surface area contributed by atoms with Crippen molar-refractivity contribution in [2.75, 3.05) is 19.6 Å². The van der Waals surface area contributed by atoms with Crippen LogP contribution >= 0.6 is 0 Å². The van der Waals surface area contributed by atoms with Gasteiger partial charge in [-0.3, -0.25) is 0 Å². The number of hydrogen-bond donors (Lipinski definition) is 0. The largest absolute Gasteiger partial charge is 0.464 e. The van der Waals surface area contributed by atoms with Gasteiger partial charge in [-0.2, -0.15) is 0 Å². The van der Waals surface area contributed by atoms with Gasteiger partial charge in [0.15, 0.2) is 0 Å². The van der Waals surface area contributed by atoms with Gasteiger partial charge in [0.2, 0.25) is 0 Å². The van der Waals surface area contributed by atoms with Crippen LogP contribution in [0.15, 0.2) is 34.9 Å². The fraction of sp³-hybridized carbons (Fsp3) is 0.556. The van der Waals surface area contributed by atoms with Crippen LogP contribution in [0.5, 0.6) is 0 Å². The van der Waals surface area contributed by atoms with E-state index in [-0.39, 0.29) is 0 Å². The quantitative estimate of drug-likeness (QED) is 0.814. The molecule has 0 unspecified atom stereocenters. The van der Waals surface area contributed by atoms with Crippen molar-refractivity contribution in [2.24, 2.45) is 5.41 Å². The minimum atomic E-state index is 0.503. The van der Waals surface area contributed by atoms with E-state index in [9.17, 15) is 0 Å². The second kappa shape index (κ2) is 5.61. The van der Waals surface area contributed by atoms with E-state index < -0.39 is 0 Å². The van der Waals surface area contributed by atoms with E-state index in [1.807, 2.05) is 6.07 Å². The van der Waals surface area contributed by atoms with Gasteiger partial charge in [-0.25, -0.2) is 0 Å². The molecule has 0 radical (unpaired) electrons. The molecule has 0 bridgehead atoms. The molecular formula is C18H25NO. The number of hydrogen-bond acceptors (Lipinski definition) is 2. The Hall–Kier alpha value is -1.28. The maximum Gasteiger partial charge on any atom is 0.134 e. The predicted octanol–water partition coefficient (Wildman–Crippen LogP) is 4.49. The number of nitrogens with zero attached hydrogens (tertiary/aromatic N) is 1. The summed E-state index contributed by atoms with van der Waals surface area (Å²) in [5.41, 5.74) is 2.94. The van der Waals surface area contributed by atoms with Crippen molar-refractivity contribution in [2.45, 2.75) is 39.5 Å². The van der Waals surface area contributed by atoms with Crippen LogP contribution in [0.1, 0.15) is 38.7 Å². The molecule has 1 fully saturated rings. The number of fused-ring (bicyclic) bond motifs is 1. The number of piperidine rings is 1. The summed E-state index contributed by atoms with van der Waals surface area (Å²) in [7, 11) is 0. The molecular weight excluding hydrogens is 246 g/mol. The molecule has 108 valence electrons. The first-order chi connectivity index (χ1) is 9.64. The maximum absolute atomic E-state index is 5.47. The highest BCUT2D eigenvalue weighted by molar-refractivity contribution is 5.80. The summed E-state index contributed by atoms with van der Waals surface area (Å²) in [5.74, 6) is 0. The van der Waals surface area contributed by atoms with E-state index in [0.717, 1.165) is 12.0 Å². The minimum absolute atomic E-state index is 0.503. The molecule has 2 aromatic rings. The van der Waals surface area contributed by atoms with E-state index in [1.54, 1.807) is 6.26 Å². The van der Waals surface area contributed by atoms with E-state index in [1.165, 1.54) is 49.8 Å². The molecule has 1 saturated heterocycles. The molecule has 2 nitrogen and oxygen atoms in total. The molecule has 0 N–H and O–H groups in total. The highest BCUT2D eigenvalue weighted by atomic mass is 16.3. The Morgan fingerprint density at radius 2 is 2.15 bits per heavy atom. The third kappa shape index (κ3) is 3.06. The maximum atomic E-state index is 5.47. The lowest BCUT2D eigenvalue weighted by atomic mass is 9.84. The summed E-state index contributed by atoms with van der Waals surface area (Å²) in [4.78, 5) is 2.64. The SMILES string of the molecule is CC1(C)CCCN(CCCc2cccc3occc23)C1. The lowest BCUT2D eigenvalue weighted by Crippen LogP contribution is -2.40. The monoisotopic (exact) mass is 271 g/mol. The van der Waals surface area contributed by atoms with Gasteiger partial charge >= 0.3 is 0 Å². The normalized spacial score (nSPS) is 19.5. The van der Waals surface area contributed by atoms with Crippen LogP contribution in [0, 0.1) is 5.41 Å². The average Bonchev–Trinajstić information content (AvgIpc) is 2.87. The summed E-state index contributed by atoms with van der Waals surface area (Å²) >= 11 is 0. The number of benzene rings is 1. The van der Waals surface area contributed by atoms with Crippen LogP contribution in [-0.4, -0.2) is 24.5 Å².